The quantitative estimate of drug-likeness (QED) is 0.754. The van der Waals surface area contributed by atoms with Gasteiger partial charge in [0, 0.05) is 25.7 Å². The Morgan fingerprint density at radius 1 is 1.30 bits per heavy atom. The van der Waals surface area contributed by atoms with Gasteiger partial charge in [0.25, 0.3) is 0 Å². The molecule has 6 nitrogen and oxygen atoms in total. The van der Waals surface area contributed by atoms with E-state index in [1.54, 1.807) is 7.11 Å². The molecular formula is C17H27N3O3. The van der Waals surface area contributed by atoms with Gasteiger partial charge in [0.05, 0.1) is 20.2 Å². The Morgan fingerprint density at radius 3 is 2.74 bits per heavy atom. The summed E-state index contributed by atoms with van der Waals surface area (Å²) in [6.07, 6.45) is 0. The predicted octanol–water partition coefficient (Wildman–Crippen LogP) is 0.826. The first kappa shape index (κ1) is 17.6. The van der Waals surface area contributed by atoms with Crippen LogP contribution in [0.2, 0.25) is 0 Å². The standard InChI is InChI=1S/C17H27N3O3/c1-14-12-19(2)9-10-20(14)13-17(21)18-8-11-23-16-7-5-4-6-15(16)22-3/h4-7,14H,8-13H2,1-3H3,(H,18,21)/t14-/m1/s1. The molecule has 0 radical (unpaired) electrons. The molecule has 0 unspecified atom stereocenters. The van der Waals surface area contributed by atoms with Gasteiger partial charge in [-0.1, -0.05) is 12.1 Å². The lowest BCUT2D eigenvalue weighted by atomic mass is 10.2. The number of rotatable bonds is 7. The van der Waals surface area contributed by atoms with E-state index < -0.39 is 0 Å². The van der Waals surface area contributed by atoms with Crippen molar-refractivity contribution in [3.05, 3.63) is 24.3 Å². The molecule has 0 bridgehead atoms. The second-order valence-corrected chi connectivity index (χ2v) is 5.93. The predicted molar refractivity (Wildman–Crippen MR) is 90.0 cm³/mol. The second kappa shape index (κ2) is 8.74. The molecular weight excluding hydrogens is 294 g/mol. The van der Waals surface area contributed by atoms with Crippen molar-refractivity contribution in [3.63, 3.8) is 0 Å². The van der Waals surface area contributed by atoms with Crippen LogP contribution in [-0.2, 0) is 4.79 Å². The number of para-hydroxylation sites is 2. The van der Waals surface area contributed by atoms with Crippen LogP contribution in [0.5, 0.6) is 11.5 Å². The molecule has 23 heavy (non-hydrogen) atoms. The van der Waals surface area contributed by atoms with E-state index in [4.69, 9.17) is 9.47 Å². The second-order valence-electron chi connectivity index (χ2n) is 5.93. The Labute approximate surface area is 138 Å². The summed E-state index contributed by atoms with van der Waals surface area (Å²) in [6, 6.07) is 7.90. The summed E-state index contributed by atoms with van der Waals surface area (Å²) in [5.74, 6) is 1.44. The van der Waals surface area contributed by atoms with Gasteiger partial charge < -0.3 is 19.7 Å². The Hall–Kier alpha value is -1.79. The number of hydrogen-bond acceptors (Lipinski definition) is 5. The molecule has 128 valence electrons. The first-order valence-corrected chi connectivity index (χ1v) is 8.05. The minimum atomic E-state index is 0.0463. The van der Waals surface area contributed by atoms with Crippen molar-refractivity contribution >= 4 is 5.91 Å². The van der Waals surface area contributed by atoms with E-state index in [0.29, 0.717) is 37.2 Å². The van der Waals surface area contributed by atoms with Gasteiger partial charge in [-0.2, -0.15) is 0 Å². The molecule has 1 N–H and O–H groups in total. The van der Waals surface area contributed by atoms with Crippen molar-refractivity contribution in [2.24, 2.45) is 0 Å². The van der Waals surface area contributed by atoms with E-state index in [1.165, 1.54) is 0 Å². The number of hydrogen-bond donors (Lipinski definition) is 1. The lowest BCUT2D eigenvalue weighted by Gasteiger charge is -2.37. The average Bonchev–Trinajstić information content (AvgIpc) is 2.54. The van der Waals surface area contributed by atoms with Crippen LogP contribution >= 0.6 is 0 Å². The number of nitrogens with one attached hydrogen (secondary N) is 1. The molecule has 1 aromatic carbocycles. The number of piperazine rings is 1. The maximum Gasteiger partial charge on any atom is 0.234 e. The van der Waals surface area contributed by atoms with Gasteiger partial charge >= 0.3 is 0 Å². The number of benzene rings is 1. The molecule has 0 spiro atoms. The summed E-state index contributed by atoms with van der Waals surface area (Å²) < 4.78 is 10.9. The minimum Gasteiger partial charge on any atom is -0.493 e. The highest BCUT2D eigenvalue weighted by atomic mass is 16.5. The molecule has 1 amide bonds. The van der Waals surface area contributed by atoms with Gasteiger partial charge in [-0.05, 0) is 26.1 Å². The number of nitrogens with zero attached hydrogens (tertiary/aromatic N) is 2. The van der Waals surface area contributed by atoms with Crippen molar-refractivity contribution in [1.82, 2.24) is 15.1 Å². The van der Waals surface area contributed by atoms with Gasteiger partial charge in [0.1, 0.15) is 6.61 Å². The Balaban J connectivity index is 1.67. The fourth-order valence-electron chi connectivity index (χ4n) is 2.74. The van der Waals surface area contributed by atoms with E-state index in [0.717, 1.165) is 19.6 Å². The average molecular weight is 321 g/mol. The lowest BCUT2D eigenvalue weighted by molar-refractivity contribution is -0.123. The summed E-state index contributed by atoms with van der Waals surface area (Å²) in [7, 11) is 3.73. The number of ether oxygens (including phenoxy) is 2. The highest BCUT2D eigenvalue weighted by Gasteiger charge is 2.22. The van der Waals surface area contributed by atoms with Crippen LogP contribution in [0.15, 0.2) is 24.3 Å². The Morgan fingerprint density at radius 2 is 2.04 bits per heavy atom. The fourth-order valence-corrected chi connectivity index (χ4v) is 2.74. The van der Waals surface area contributed by atoms with Gasteiger partial charge in [-0.15, -0.1) is 0 Å². The number of carbonyl (C=O) groups excluding carboxylic acids is 1. The Bertz CT molecular complexity index is 510. The van der Waals surface area contributed by atoms with E-state index in [1.807, 2.05) is 24.3 Å². The molecule has 0 aromatic heterocycles. The lowest BCUT2D eigenvalue weighted by Crippen LogP contribution is -2.53. The number of methoxy groups -OCH3 is 1. The van der Waals surface area contributed by atoms with Crippen LogP contribution in [0, 0.1) is 0 Å². The monoisotopic (exact) mass is 321 g/mol. The summed E-state index contributed by atoms with van der Waals surface area (Å²) in [5.41, 5.74) is 0. The maximum absolute atomic E-state index is 12.0. The van der Waals surface area contributed by atoms with Crippen LogP contribution in [-0.4, -0.2) is 75.2 Å². The molecule has 0 saturated carbocycles. The van der Waals surface area contributed by atoms with Gasteiger partial charge in [0.2, 0.25) is 5.91 Å². The molecule has 0 aliphatic carbocycles. The van der Waals surface area contributed by atoms with Crippen LogP contribution in [0.25, 0.3) is 0 Å². The molecule has 6 heteroatoms. The molecule has 1 atom stereocenters. The third-order valence-corrected chi connectivity index (χ3v) is 4.07. The topological polar surface area (TPSA) is 54.0 Å². The molecule has 1 aliphatic rings. The van der Waals surface area contributed by atoms with Gasteiger partial charge in [-0.25, -0.2) is 0 Å². The maximum atomic E-state index is 12.0. The fraction of sp³-hybridized carbons (Fsp3) is 0.588. The van der Waals surface area contributed by atoms with Crippen LogP contribution < -0.4 is 14.8 Å². The molecule has 1 aromatic rings. The highest BCUT2D eigenvalue weighted by molar-refractivity contribution is 5.78. The van der Waals surface area contributed by atoms with E-state index in [-0.39, 0.29) is 5.91 Å². The zero-order chi connectivity index (χ0) is 16.7. The molecule has 1 saturated heterocycles. The first-order valence-electron chi connectivity index (χ1n) is 8.05. The van der Waals surface area contributed by atoms with Gasteiger partial charge in [-0.3, -0.25) is 9.69 Å². The number of carbonyl (C=O) groups is 1. The smallest absolute Gasteiger partial charge is 0.234 e. The zero-order valence-electron chi connectivity index (χ0n) is 14.2. The van der Waals surface area contributed by atoms with E-state index in [9.17, 15) is 4.79 Å². The normalized spacial score (nSPS) is 19.3. The van der Waals surface area contributed by atoms with Crippen LogP contribution in [0.3, 0.4) is 0 Å². The molecule has 1 heterocycles. The van der Waals surface area contributed by atoms with Crippen molar-refractivity contribution in [2.75, 3.05) is 53.5 Å². The number of likely N-dealkylation sites (N-methyl/N-ethyl adjacent to an activating group) is 1. The van der Waals surface area contributed by atoms with Crippen LogP contribution in [0.4, 0.5) is 0 Å². The zero-order valence-corrected chi connectivity index (χ0v) is 14.2. The summed E-state index contributed by atoms with van der Waals surface area (Å²) in [6.45, 7) is 6.46. The molecule has 2 rings (SSSR count). The Kier molecular flexibility index (Phi) is 6.67. The van der Waals surface area contributed by atoms with Gasteiger partial charge in [0.15, 0.2) is 11.5 Å². The highest BCUT2D eigenvalue weighted by Crippen LogP contribution is 2.25. The third-order valence-electron chi connectivity index (χ3n) is 4.07. The summed E-state index contributed by atoms with van der Waals surface area (Å²) in [5, 5.41) is 2.91. The van der Waals surface area contributed by atoms with E-state index in [2.05, 4.69) is 29.1 Å². The van der Waals surface area contributed by atoms with Crippen molar-refractivity contribution in [2.45, 2.75) is 13.0 Å². The molecule has 1 aliphatic heterocycles. The summed E-state index contributed by atoms with van der Waals surface area (Å²) in [4.78, 5) is 16.5. The minimum absolute atomic E-state index is 0.0463. The molecule has 1 fully saturated rings. The largest absolute Gasteiger partial charge is 0.493 e. The van der Waals surface area contributed by atoms with Crippen molar-refractivity contribution in [1.29, 1.82) is 0 Å². The third kappa shape index (κ3) is 5.41. The van der Waals surface area contributed by atoms with E-state index >= 15 is 0 Å². The SMILES string of the molecule is COc1ccccc1OCCNC(=O)CN1CCN(C)C[C@H]1C. The van der Waals surface area contributed by atoms with Crippen LogP contribution in [0.1, 0.15) is 6.92 Å². The number of amides is 1. The summed E-state index contributed by atoms with van der Waals surface area (Å²) >= 11 is 0. The van der Waals surface area contributed by atoms with Crippen molar-refractivity contribution in [3.8, 4) is 11.5 Å². The first-order chi connectivity index (χ1) is 11.1. The van der Waals surface area contributed by atoms with Crippen molar-refractivity contribution < 1.29 is 14.3 Å².